The van der Waals surface area contributed by atoms with Gasteiger partial charge in [-0.1, -0.05) is 13.3 Å². The Kier molecular flexibility index (Phi) is 5.07. The lowest BCUT2D eigenvalue weighted by Crippen LogP contribution is -2.25. The lowest BCUT2D eigenvalue weighted by atomic mass is 10.2. The Labute approximate surface area is 102 Å². The van der Waals surface area contributed by atoms with Crippen LogP contribution in [-0.4, -0.2) is 20.2 Å². The number of methoxy groups -OCH3 is 1. The van der Waals surface area contributed by atoms with Gasteiger partial charge in [-0.25, -0.2) is 4.39 Å². The molecule has 0 aliphatic rings. The fraction of sp³-hybridized carbons (Fsp3) is 0.538. The van der Waals surface area contributed by atoms with E-state index in [1.54, 1.807) is 6.07 Å². The molecule has 0 amide bonds. The molecule has 0 spiro atoms. The summed E-state index contributed by atoms with van der Waals surface area (Å²) >= 11 is 0. The van der Waals surface area contributed by atoms with E-state index in [2.05, 4.69) is 18.7 Å². The molecule has 0 aliphatic heterocycles. The number of anilines is 2. The number of ether oxygens (including phenoxy) is 1. The predicted molar refractivity (Wildman–Crippen MR) is 70.2 cm³/mol. The SMILES string of the molecule is CCCCN(CC)c1cc(OC)c(F)cc1N. The number of nitrogens with two attached hydrogens (primary N) is 1. The monoisotopic (exact) mass is 240 g/mol. The zero-order valence-electron chi connectivity index (χ0n) is 10.8. The summed E-state index contributed by atoms with van der Waals surface area (Å²) < 4.78 is 18.4. The van der Waals surface area contributed by atoms with Crippen molar-refractivity contribution in [3.63, 3.8) is 0 Å². The van der Waals surface area contributed by atoms with Crippen LogP contribution in [0.4, 0.5) is 15.8 Å². The molecule has 0 bridgehead atoms. The van der Waals surface area contributed by atoms with E-state index in [1.165, 1.54) is 13.2 Å². The molecule has 0 saturated carbocycles. The molecule has 1 aromatic rings. The highest BCUT2D eigenvalue weighted by Gasteiger charge is 2.12. The van der Waals surface area contributed by atoms with Crippen LogP contribution in [0, 0.1) is 5.82 Å². The summed E-state index contributed by atoms with van der Waals surface area (Å²) in [7, 11) is 1.46. The van der Waals surface area contributed by atoms with Gasteiger partial charge in [-0.2, -0.15) is 0 Å². The normalized spacial score (nSPS) is 10.4. The number of benzene rings is 1. The molecule has 3 nitrogen and oxygen atoms in total. The maximum absolute atomic E-state index is 13.4. The van der Waals surface area contributed by atoms with Crippen LogP contribution in [0.25, 0.3) is 0 Å². The highest BCUT2D eigenvalue weighted by Crippen LogP contribution is 2.31. The molecule has 1 aromatic carbocycles. The molecule has 0 aromatic heterocycles. The first-order valence-corrected chi connectivity index (χ1v) is 6.02. The van der Waals surface area contributed by atoms with Gasteiger partial charge in [0.05, 0.1) is 18.5 Å². The molecule has 2 N–H and O–H groups in total. The first-order chi connectivity index (χ1) is 8.13. The number of halogens is 1. The Morgan fingerprint density at radius 1 is 1.35 bits per heavy atom. The van der Waals surface area contributed by atoms with Gasteiger partial charge in [0.2, 0.25) is 0 Å². The highest BCUT2D eigenvalue weighted by atomic mass is 19.1. The maximum Gasteiger partial charge on any atom is 0.167 e. The third-order valence-corrected chi connectivity index (χ3v) is 2.81. The second-order valence-electron chi connectivity index (χ2n) is 3.98. The summed E-state index contributed by atoms with van der Waals surface area (Å²) in [5, 5.41) is 0. The minimum atomic E-state index is -0.416. The lowest BCUT2D eigenvalue weighted by Gasteiger charge is -2.25. The van der Waals surface area contributed by atoms with Crippen molar-refractivity contribution >= 4 is 11.4 Å². The van der Waals surface area contributed by atoms with Crippen LogP contribution >= 0.6 is 0 Å². The van der Waals surface area contributed by atoms with E-state index in [9.17, 15) is 4.39 Å². The first kappa shape index (κ1) is 13.6. The number of hydrogen-bond donors (Lipinski definition) is 1. The van der Waals surface area contributed by atoms with Crippen LogP contribution in [-0.2, 0) is 0 Å². The molecule has 0 fully saturated rings. The smallest absolute Gasteiger partial charge is 0.167 e. The van der Waals surface area contributed by atoms with E-state index in [0.717, 1.165) is 31.6 Å². The number of nitrogens with zero attached hydrogens (tertiary/aromatic N) is 1. The van der Waals surface area contributed by atoms with Crippen LogP contribution in [0.2, 0.25) is 0 Å². The van der Waals surface area contributed by atoms with Crippen LogP contribution in [0.15, 0.2) is 12.1 Å². The molecular weight excluding hydrogens is 219 g/mol. The van der Waals surface area contributed by atoms with Gasteiger partial charge < -0.3 is 15.4 Å². The van der Waals surface area contributed by atoms with Gasteiger partial charge in [0, 0.05) is 25.2 Å². The Hall–Kier alpha value is -1.45. The summed E-state index contributed by atoms with van der Waals surface area (Å²) in [6.07, 6.45) is 2.21. The van der Waals surface area contributed by atoms with Gasteiger partial charge in [0.1, 0.15) is 0 Å². The van der Waals surface area contributed by atoms with E-state index >= 15 is 0 Å². The fourth-order valence-corrected chi connectivity index (χ4v) is 1.79. The molecule has 0 heterocycles. The highest BCUT2D eigenvalue weighted by molar-refractivity contribution is 5.70. The fourth-order valence-electron chi connectivity index (χ4n) is 1.79. The zero-order valence-corrected chi connectivity index (χ0v) is 10.8. The third kappa shape index (κ3) is 3.25. The van der Waals surface area contributed by atoms with Gasteiger partial charge >= 0.3 is 0 Å². The van der Waals surface area contributed by atoms with E-state index in [-0.39, 0.29) is 5.75 Å². The molecule has 96 valence electrons. The largest absolute Gasteiger partial charge is 0.494 e. The van der Waals surface area contributed by atoms with Crippen LogP contribution in [0.3, 0.4) is 0 Å². The minimum absolute atomic E-state index is 0.240. The number of hydrogen-bond acceptors (Lipinski definition) is 3. The van der Waals surface area contributed by atoms with Crippen molar-refractivity contribution in [3.05, 3.63) is 17.9 Å². The molecule has 0 atom stereocenters. The van der Waals surface area contributed by atoms with E-state index < -0.39 is 5.82 Å². The summed E-state index contributed by atoms with van der Waals surface area (Å²) in [4.78, 5) is 2.14. The van der Waals surface area contributed by atoms with Crippen molar-refractivity contribution < 1.29 is 9.13 Å². The Bertz CT molecular complexity index is 369. The van der Waals surface area contributed by atoms with Crippen molar-refractivity contribution in [3.8, 4) is 5.75 Å². The second-order valence-corrected chi connectivity index (χ2v) is 3.98. The molecule has 4 heteroatoms. The average molecular weight is 240 g/mol. The summed E-state index contributed by atoms with van der Waals surface area (Å²) in [6, 6.07) is 2.99. The topological polar surface area (TPSA) is 38.5 Å². The Morgan fingerprint density at radius 2 is 2.06 bits per heavy atom. The predicted octanol–water partition coefficient (Wildman–Crippen LogP) is 3.04. The van der Waals surface area contributed by atoms with Gasteiger partial charge in [-0.15, -0.1) is 0 Å². The molecule has 0 aliphatic carbocycles. The van der Waals surface area contributed by atoms with Crippen molar-refractivity contribution in [2.24, 2.45) is 0 Å². The van der Waals surface area contributed by atoms with E-state index in [0.29, 0.717) is 5.69 Å². The summed E-state index contributed by atoms with van der Waals surface area (Å²) in [5.41, 5.74) is 7.16. The second kappa shape index (κ2) is 6.33. The Morgan fingerprint density at radius 3 is 2.59 bits per heavy atom. The maximum atomic E-state index is 13.4. The number of rotatable bonds is 6. The molecule has 0 unspecified atom stereocenters. The van der Waals surface area contributed by atoms with Crippen molar-refractivity contribution in [1.82, 2.24) is 0 Å². The third-order valence-electron chi connectivity index (χ3n) is 2.81. The summed E-state index contributed by atoms with van der Waals surface area (Å²) in [5.74, 6) is -0.176. The minimum Gasteiger partial charge on any atom is -0.494 e. The van der Waals surface area contributed by atoms with Gasteiger partial charge in [-0.05, 0) is 13.3 Å². The zero-order chi connectivity index (χ0) is 12.8. The average Bonchev–Trinajstić information content (AvgIpc) is 2.32. The van der Waals surface area contributed by atoms with Gasteiger partial charge in [0.15, 0.2) is 11.6 Å². The van der Waals surface area contributed by atoms with E-state index in [4.69, 9.17) is 10.5 Å². The standard InChI is InChI=1S/C13H21FN2O/c1-4-6-7-16(5-2)12-9-13(17-3)10(14)8-11(12)15/h8-9H,4-7,15H2,1-3H3. The molecule has 17 heavy (non-hydrogen) atoms. The van der Waals surface area contributed by atoms with Crippen LogP contribution in [0.1, 0.15) is 26.7 Å². The van der Waals surface area contributed by atoms with Crippen LogP contribution in [0.5, 0.6) is 5.75 Å². The van der Waals surface area contributed by atoms with Crippen molar-refractivity contribution in [2.45, 2.75) is 26.7 Å². The number of unbranched alkanes of at least 4 members (excludes halogenated alkanes) is 1. The molecule has 0 saturated heterocycles. The molecular formula is C13H21FN2O. The first-order valence-electron chi connectivity index (χ1n) is 6.02. The molecule has 0 radical (unpaired) electrons. The quantitative estimate of drug-likeness (QED) is 0.777. The van der Waals surface area contributed by atoms with E-state index in [1.807, 2.05) is 0 Å². The summed E-state index contributed by atoms with van der Waals surface area (Å²) in [6.45, 7) is 5.97. The lowest BCUT2D eigenvalue weighted by molar-refractivity contribution is 0.386. The number of nitrogen functional groups attached to an aromatic ring is 1. The van der Waals surface area contributed by atoms with Crippen molar-refractivity contribution in [1.29, 1.82) is 0 Å². The van der Waals surface area contributed by atoms with Gasteiger partial charge in [0.25, 0.3) is 0 Å². The van der Waals surface area contributed by atoms with Crippen molar-refractivity contribution in [2.75, 3.05) is 30.8 Å². The van der Waals surface area contributed by atoms with Crippen LogP contribution < -0.4 is 15.4 Å². The van der Waals surface area contributed by atoms with Gasteiger partial charge in [-0.3, -0.25) is 0 Å². The Balaban J connectivity index is 3.01. The molecule has 1 rings (SSSR count).